The van der Waals surface area contributed by atoms with E-state index in [-0.39, 0.29) is 17.9 Å². The van der Waals surface area contributed by atoms with Crippen LogP contribution in [-0.4, -0.2) is 143 Å². The quantitative estimate of drug-likeness (QED) is 0.0182. The van der Waals surface area contributed by atoms with Crippen LogP contribution >= 0.6 is 0 Å². The second-order valence-electron chi connectivity index (χ2n) is 12.1. The summed E-state index contributed by atoms with van der Waals surface area (Å²) in [5.74, 6) is 1.62. The van der Waals surface area contributed by atoms with Crippen LogP contribution in [0.1, 0.15) is 77.0 Å². The van der Waals surface area contributed by atoms with Gasteiger partial charge < -0.3 is 65.9 Å². The van der Waals surface area contributed by atoms with Crippen LogP contribution in [0.3, 0.4) is 0 Å². The molecule has 0 fully saturated rings. The maximum absolute atomic E-state index is 11.6. The SMILES string of the molecule is CNCCCC(N)CC(=O)NCCCNCCCCN.CNCCCCN=C(N)N.CNCCCNCCCCN.CNCCC[S+](C)C. The Morgan fingerprint density at radius 3 is 1.55 bits per heavy atom. The van der Waals surface area contributed by atoms with Gasteiger partial charge in [-0.3, -0.25) is 9.79 Å². The summed E-state index contributed by atoms with van der Waals surface area (Å²) in [5.41, 5.74) is 26.9. The van der Waals surface area contributed by atoms with Crippen molar-refractivity contribution in [2.75, 3.05) is 125 Å². The predicted molar refractivity (Wildman–Crippen MR) is 221 cm³/mol. The van der Waals surface area contributed by atoms with E-state index >= 15 is 0 Å². The third-order valence-electron chi connectivity index (χ3n) is 6.81. The minimum absolute atomic E-state index is 0.0299. The summed E-state index contributed by atoms with van der Waals surface area (Å²) in [4.78, 5) is 15.5. The standard InChI is InChI=1S/C14H33N5O.C8H21N3.C6H16N4.C6H16NS/c1-17-8-4-6-13(16)12-14(20)19-11-5-10-18-9-3-2-7-15;1-10-6-4-8-11-7-3-2-5-9;1-9-4-2-3-5-10-6(7)8;1-7-5-4-6-8(2)3/h13,17-18H,2-12,15-16H2,1H3,(H,19,20);10-11H,2-9H2,1H3;9H,2-5H2,1H3,(H4,7,8,10);7H,4-6H2,1-3H3/q;;;+1. The van der Waals surface area contributed by atoms with Gasteiger partial charge in [-0.1, -0.05) is 0 Å². The Morgan fingerprint density at radius 2 is 1.06 bits per heavy atom. The molecule has 0 aromatic rings. The van der Waals surface area contributed by atoms with Crippen molar-refractivity contribution in [1.29, 1.82) is 0 Å². The minimum Gasteiger partial charge on any atom is -0.370 e. The maximum atomic E-state index is 11.6. The number of unbranched alkanes of at least 4 members (excludes halogenated alkanes) is 3. The van der Waals surface area contributed by atoms with Gasteiger partial charge in [0.2, 0.25) is 5.91 Å². The molecule has 0 aromatic heterocycles. The number of nitrogens with one attached hydrogen (secondary N) is 7. The summed E-state index contributed by atoms with van der Waals surface area (Å²) in [6.07, 6.45) is 17.1. The summed E-state index contributed by atoms with van der Waals surface area (Å²) >= 11 is 0. The largest absolute Gasteiger partial charge is 0.370 e. The average molecular weight is 725 g/mol. The fraction of sp³-hybridized carbons (Fsp3) is 0.941. The fourth-order valence-electron chi connectivity index (χ4n) is 3.98. The molecule has 0 heterocycles. The van der Waals surface area contributed by atoms with Crippen LogP contribution < -0.4 is 65.9 Å². The molecule has 0 spiro atoms. The first-order valence-corrected chi connectivity index (χ1v) is 20.9. The Bertz CT molecular complexity index is 623. The van der Waals surface area contributed by atoms with Gasteiger partial charge in [-0.25, -0.2) is 0 Å². The van der Waals surface area contributed by atoms with E-state index in [2.05, 4.69) is 54.7 Å². The molecule has 0 aliphatic carbocycles. The second kappa shape index (κ2) is 51.1. The predicted octanol–water partition coefficient (Wildman–Crippen LogP) is -0.804. The molecule has 1 amide bonds. The van der Waals surface area contributed by atoms with Gasteiger partial charge in [0.1, 0.15) is 5.75 Å². The zero-order valence-electron chi connectivity index (χ0n) is 32.9. The molecule has 0 saturated carbocycles. The van der Waals surface area contributed by atoms with Crippen LogP contribution in [0.2, 0.25) is 0 Å². The molecule has 0 aliphatic rings. The van der Waals surface area contributed by atoms with Crippen LogP contribution in [0.5, 0.6) is 0 Å². The topological polar surface area (TPSA) is 244 Å². The van der Waals surface area contributed by atoms with Gasteiger partial charge in [-0.05, 0) is 169 Å². The van der Waals surface area contributed by atoms with Crippen molar-refractivity contribution in [3.05, 3.63) is 0 Å². The van der Waals surface area contributed by atoms with Gasteiger partial charge in [0.05, 0.1) is 12.5 Å². The molecule has 15 heteroatoms. The molecule has 0 radical (unpaired) electrons. The number of hydrogen-bond acceptors (Lipinski definition) is 11. The highest BCUT2D eigenvalue weighted by Gasteiger charge is 2.08. The van der Waals surface area contributed by atoms with E-state index in [0.29, 0.717) is 23.9 Å². The van der Waals surface area contributed by atoms with Crippen molar-refractivity contribution >= 4 is 22.8 Å². The highest BCUT2D eigenvalue weighted by atomic mass is 32.2. The molecular formula is C34H86N13OS+. The van der Waals surface area contributed by atoms with Crippen molar-refractivity contribution in [1.82, 2.24) is 37.2 Å². The van der Waals surface area contributed by atoms with Gasteiger partial charge in [-0.15, -0.1) is 0 Å². The number of rotatable bonds is 31. The van der Waals surface area contributed by atoms with Gasteiger partial charge in [0.15, 0.2) is 5.96 Å². The molecule has 0 aliphatic heterocycles. The number of carbonyl (C=O) groups excluding carboxylic acids is 1. The Morgan fingerprint density at radius 1 is 0.612 bits per heavy atom. The summed E-state index contributed by atoms with van der Waals surface area (Å²) in [5, 5.41) is 22.0. The van der Waals surface area contributed by atoms with Crippen molar-refractivity contribution in [3.8, 4) is 0 Å². The summed E-state index contributed by atoms with van der Waals surface area (Å²) in [6.45, 7) is 11.4. The second-order valence-corrected chi connectivity index (χ2v) is 14.5. The van der Waals surface area contributed by atoms with E-state index in [1.807, 2.05) is 28.2 Å². The normalized spacial score (nSPS) is 11.0. The first-order valence-electron chi connectivity index (χ1n) is 18.7. The third kappa shape index (κ3) is 65.7. The van der Waals surface area contributed by atoms with E-state index in [1.54, 1.807) is 0 Å². The molecule has 0 bridgehead atoms. The van der Waals surface area contributed by atoms with Crippen molar-refractivity contribution < 1.29 is 4.79 Å². The van der Waals surface area contributed by atoms with Crippen molar-refractivity contribution in [3.63, 3.8) is 0 Å². The van der Waals surface area contributed by atoms with Gasteiger partial charge in [0.25, 0.3) is 0 Å². The Balaban J connectivity index is -0.000000297. The molecule has 298 valence electrons. The van der Waals surface area contributed by atoms with Crippen LogP contribution in [0.25, 0.3) is 0 Å². The number of carbonyl (C=O) groups is 1. The summed E-state index contributed by atoms with van der Waals surface area (Å²) in [7, 11) is 8.48. The van der Waals surface area contributed by atoms with Crippen molar-refractivity contribution in [2.45, 2.75) is 83.1 Å². The van der Waals surface area contributed by atoms with Crippen LogP contribution in [0, 0.1) is 0 Å². The third-order valence-corrected chi connectivity index (χ3v) is 7.91. The molecule has 0 rings (SSSR count). The lowest BCUT2D eigenvalue weighted by atomic mass is 10.1. The van der Waals surface area contributed by atoms with Crippen LogP contribution in [0.15, 0.2) is 4.99 Å². The van der Waals surface area contributed by atoms with Crippen LogP contribution in [0.4, 0.5) is 0 Å². The molecular weight excluding hydrogens is 639 g/mol. The van der Waals surface area contributed by atoms with E-state index in [9.17, 15) is 4.79 Å². The number of amides is 1. The van der Waals surface area contributed by atoms with E-state index in [4.69, 9.17) is 28.7 Å². The van der Waals surface area contributed by atoms with E-state index in [0.717, 1.165) is 117 Å². The zero-order chi connectivity index (χ0) is 37.6. The molecule has 1 atom stereocenters. The molecule has 49 heavy (non-hydrogen) atoms. The Hall–Kier alpha value is -1.27. The maximum Gasteiger partial charge on any atom is 0.221 e. The van der Waals surface area contributed by atoms with Gasteiger partial charge in [-0.2, -0.15) is 0 Å². The van der Waals surface area contributed by atoms with Gasteiger partial charge >= 0.3 is 0 Å². The highest BCUT2D eigenvalue weighted by molar-refractivity contribution is 7.95. The molecule has 0 aromatic carbocycles. The summed E-state index contributed by atoms with van der Waals surface area (Å²) < 4.78 is 0. The van der Waals surface area contributed by atoms with Crippen LogP contribution in [-0.2, 0) is 15.7 Å². The fourth-order valence-corrected chi connectivity index (χ4v) is 4.70. The minimum atomic E-state index is -0.0299. The average Bonchev–Trinajstić information content (AvgIpc) is 3.06. The first-order chi connectivity index (χ1) is 23.7. The van der Waals surface area contributed by atoms with Gasteiger partial charge in [0, 0.05) is 32.0 Å². The number of guanidine groups is 1. The van der Waals surface area contributed by atoms with Crippen molar-refractivity contribution in [2.24, 2.45) is 33.7 Å². The lowest BCUT2D eigenvalue weighted by Gasteiger charge is -2.11. The highest BCUT2D eigenvalue weighted by Crippen LogP contribution is 1.98. The number of nitrogens with zero attached hydrogens (tertiary/aromatic N) is 1. The summed E-state index contributed by atoms with van der Waals surface area (Å²) in [6, 6.07) is -0.0299. The number of aliphatic imine (C=N–C) groups is 1. The molecule has 14 nitrogen and oxygen atoms in total. The zero-order valence-corrected chi connectivity index (χ0v) is 33.7. The lowest BCUT2D eigenvalue weighted by Crippen LogP contribution is -2.33. The molecule has 17 N–H and O–H groups in total. The Kier molecular flexibility index (Phi) is 56.8. The molecule has 1 unspecified atom stereocenters. The molecule has 0 saturated heterocycles. The first kappa shape index (κ1) is 54.5. The lowest BCUT2D eigenvalue weighted by molar-refractivity contribution is -0.121. The monoisotopic (exact) mass is 725 g/mol. The van der Waals surface area contributed by atoms with E-state index < -0.39 is 0 Å². The van der Waals surface area contributed by atoms with E-state index in [1.165, 1.54) is 31.6 Å². The Labute approximate surface area is 305 Å². The smallest absolute Gasteiger partial charge is 0.221 e. The number of hydrogen-bond donors (Lipinski definition) is 12. The number of nitrogens with two attached hydrogens (primary N) is 5.